The smallest absolute Gasteiger partial charge is 0.0481 e. The Morgan fingerprint density at radius 1 is 1.19 bits per heavy atom. The van der Waals surface area contributed by atoms with Crippen LogP contribution in [-0.4, -0.2) is 4.57 Å². The lowest BCUT2D eigenvalue weighted by Crippen LogP contribution is -1.95. The van der Waals surface area contributed by atoms with Crippen molar-refractivity contribution in [3.8, 4) is 0 Å². The number of hydrogen-bond acceptors (Lipinski definition) is 1. The Balaban J connectivity index is 2.29. The van der Waals surface area contributed by atoms with Crippen LogP contribution in [0.25, 0.3) is 10.9 Å². The maximum absolute atomic E-state index is 5.80. The molecule has 2 heteroatoms. The molecule has 2 nitrogen and oxygen atoms in total. The van der Waals surface area contributed by atoms with E-state index in [-0.39, 0.29) is 0 Å². The summed E-state index contributed by atoms with van der Waals surface area (Å²) in [5.74, 6) is 0. The molecule has 0 aliphatic heterocycles. The van der Waals surface area contributed by atoms with Gasteiger partial charge < -0.3 is 10.3 Å². The molecule has 2 rings (SSSR count). The monoisotopic (exact) mass is 216 g/mol. The molecule has 0 amide bonds. The van der Waals surface area contributed by atoms with Gasteiger partial charge in [-0.1, -0.05) is 19.8 Å². The van der Waals surface area contributed by atoms with Gasteiger partial charge in [0.25, 0.3) is 0 Å². The first-order valence-corrected chi connectivity index (χ1v) is 6.06. The molecule has 1 aromatic heterocycles. The summed E-state index contributed by atoms with van der Waals surface area (Å²) in [6, 6.07) is 8.39. The van der Waals surface area contributed by atoms with E-state index in [9.17, 15) is 0 Å². The van der Waals surface area contributed by atoms with Crippen LogP contribution < -0.4 is 5.73 Å². The lowest BCUT2D eigenvalue weighted by molar-refractivity contribution is 0.690. The van der Waals surface area contributed by atoms with Crippen molar-refractivity contribution in [2.45, 2.75) is 32.6 Å². The first kappa shape index (κ1) is 11.1. The van der Waals surface area contributed by atoms with Crippen molar-refractivity contribution < 1.29 is 0 Å². The minimum Gasteiger partial charge on any atom is -0.399 e. The molecule has 0 spiro atoms. The lowest BCUT2D eigenvalue weighted by Gasteiger charge is -2.03. The van der Waals surface area contributed by atoms with Gasteiger partial charge in [0.15, 0.2) is 0 Å². The summed E-state index contributed by atoms with van der Waals surface area (Å²) < 4.78 is 2.28. The number of nitrogens with zero attached hydrogens (tertiary/aromatic N) is 1. The zero-order valence-corrected chi connectivity index (χ0v) is 10.2. The van der Waals surface area contributed by atoms with Gasteiger partial charge in [-0.15, -0.1) is 0 Å². The molecule has 1 aromatic carbocycles. The number of anilines is 1. The first-order valence-electron chi connectivity index (χ1n) is 6.06. The largest absolute Gasteiger partial charge is 0.399 e. The molecular weight excluding hydrogens is 196 g/mol. The van der Waals surface area contributed by atoms with Crippen molar-refractivity contribution in [1.29, 1.82) is 0 Å². The standard InChI is InChI=1S/C14H20N2/c1-3-4-5-6-13-10-11-9-12(15)7-8-14(11)16(13)2/h7-10H,3-6,15H2,1-2H3. The molecule has 0 saturated carbocycles. The van der Waals surface area contributed by atoms with Crippen molar-refractivity contribution in [2.75, 3.05) is 5.73 Å². The van der Waals surface area contributed by atoms with Crippen molar-refractivity contribution in [3.63, 3.8) is 0 Å². The second kappa shape index (κ2) is 4.60. The highest BCUT2D eigenvalue weighted by atomic mass is 14.9. The predicted octanol–water partition coefficient (Wildman–Crippen LogP) is 3.49. The van der Waals surface area contributed by atoms with E-state index in [4.69, 9.17) is 5.73 Å². The van der Waals surface area contributed by atoms with E-state index in [2.05, 4.69) is 36.7 Å². The van der Waals surface area contributed by atoms with Crippen LogP contribution in [0.3, 0.4) is 0 Å². The fourth-order valence-electron chi connectivity index (χ4n) is 2.22. The number of fused-ring (bicyclic) bond motifs is 1. The van der Waals surface area contributed by atoms with E-state index in [0.717, 1.165) is 5.69 Å². The molecule has 86 valence electrons. The number of hydrogen-bond donors (Lipinski definition) is 1. The molecule has 0 bridgehead atoms. The molecular formula is C14H20N2. The van der Waals surface area contributed by atoms with Crippen LogP contribution in [-0.2, 0) is 13.5 Å². The van der Waals surface area contributed by atoms with Crippen molar-refractivity contribution in [1.82, 2.24) is 4.57 Å². The summed E-state index contributed by atoms with van der Waals surface area (Å²) in [7, 11) is 2.14. The number of nitrogens with two attached hydrogens (primary N) is 1. The number of aromatic nitrogens is 1. The third-order valence-electron chi connectivity index (χ3n) is 3.20. The maximum Gasteiger partial charge on any atom is 0.0481 e. The molecule has 0 fully saturated rings. The molecule has 2 aromatic rings. The van der Waals surface area contributed by atoms with Crippen LogP contribution >= 0.6 is 0 Å². The first-order chi connectivity index (χ1) is 7.72. The van der Waals surface area contributed by atoms with Gasteiger partial charge in [0.1, 0.15) is 0 Å². The highest BCUT2D eigenvalue weighted by Gasteiger charge is 2.05. The molecule has 0 atom stereocenters. The Labute approximate surface area is 97.1 Å². The fraction of sp³-hybridized carbons (Fsp3) is 0.429. The summed E-state index contributed by atoms with van der Waals surface area (Å²) in [4.78, 5) is 0. The van der Waals surface area contributed by atoms with Crippen molar-refractivity contribution >= 4 is 16.6 Å². The molecule has 0 radical (unpaired) electrons. The number of benzene rings is 1. The van der Waals surface area contributed by atoms with E-state index in [0.29, 0.717) is 0 Å². The van der Waals surface area contributed by atoms with Crippen molar-refractivity contribution in [3.05, 3.63) is 30.0 Å². The Kier molecular flexibility index (Phi) is 3.18. The molecule has 0 saturated heterocycles. The summed E-state index contributed by atoms with van der Waals surface area (Å²) in [5, 5.41) is 1.26. The third-order valence-corrected chi connectivity index (χ3v) is 3.20. The quantitative estimate of drug-likeness (QED) is 0.615. The number of aryl methyl sites for hydroxylation is 2. The van der Waals surface area contributed by atoms with Crippen LogP contribution in [0.1, 0.15) is 31.9 Å². The highest BCUT2D eigenvalue weighted by molar-refractivity contribution is 5.84. The van der Waals surface area contributed by atoms with E-state index in [1.165, 1.54) is 42.3 Å². The molecule has 0 unspecified atom stereocenters. The fourth-order valence-corrected chi connectivity index (χ4v) is 2.22. The van der Waals surface area contributed by atoms with Gasteiger partial charge in [0.2, 0.25) is 0 Å². The van der Waals surface area contributed by atoms with Crippen LogP contribution in [0, 0.1) is 0 Å². The SMILES string of the molecule is CCCCCc1cc2cc(N)ccc2n1C. The molecule has 16 heavy (non-hydrogen) atoms. The second-order valence-electron chi connectivity index (χ2n) is 4.47. The predicted molar refractivity (Wildman–Crippen MR) is 70.6 cm³/mol. The summed E-state index contributed by atoms with van der Waals surface area (Å²) in [5.41, 5.74) is 9.33. The Morgan fingerprint density at radius 2 is 2.00 bits per heavy atom. The average Bonchev–Trinajstić information content (AvgIpc) is 2.56. The minimum atomic E-state index is 0.846. The van der Waals surface area contributed by atoms with E-state index in [1.807, 2.05) is 6.07 Å². The Bertz CT molecular complexity index is 483. The zero-order chi connectivity index (χ0) is 11.5. The van der Waals surface area contributed by atoms with Gasteiger partial charge in [0, 0.05) is 29.3 Å². The normalized spacial score (nSPS) is 11.1. The number of unbranched alkanes of at least 4 members (excludes halogenated alkanes) is 2. The number of rotatable bonds is 4. The third kappa shape index (κ3) is 2.06. The van der Waals surface area contributed by atoms with Crippen molar-refractivity contribution in [2.24, 2.45) is 7.05 Å². The average molecular weight is 216 g/mol. The van der Waals surface area contributed by atoms with Crippen LogP contribution in [0.15, 0.2) is 24.3 Å². The van der Waals surface area contributed by atoms with Gasteiger partial charge in [-0.05, 0) is 37.1 Å². The summed E-state index contributed by atoms with van der Waals surface area (Å²) >= 11 is 0. The molecule has 1 heterocycles. The Morgan fingerprint density at radius 3 is 2.75 bits per heavy atom. The number of nitrogen functional groups attached to an aromatic ring is 1. The lowest BCUT2D eigenvalue weighted by atomic mass is 10.1. The zero-order valence-electron chi connectivity index (χ0n) is 10.2. The summed E-state index contributed by atoms with van der Waals surface area (Å²) in [6.07, 6.45) is 5.02. The van der Waals surface area contributed by atoms with E-state index >= 15 is 0 Å². The summed E-state index contributed by atoms with van der Waals surface area (Å²) in [6.45, 7) is 2.24. The van der Waals surface area contributed by atoms with Gasteiger partial charge in [-0.2, -0.15) is 0 Å². The van der Waals surface area contributed by atoms with Gasteiger partial charge in [0.05, 0.1) is 0 Å². The molecule has 0 aliphatic carbocycles. The Hall–Kier alpha value is -1.44. The van der Waals surface area contributed by atoms with Crippen LogP contribution in [0.2, 0.25) is 0 Å². The molecule has 2 N–H and O–H groups in total. The van der Waals surface area contributed by atoms with Gasteiger partial charge in [-0.25, -0.2) is 0 Å². The highest BCUT2D eigenvalue weighted by Crippen LogP contribution is 2.22. The van der Waals surface area contributed by atoms with E-state index < -0.39 is 0 Å². The van der Waals surface area contributed by atoms with E-state index in [1.54, 1.807) is 0 Å². The topological polar surface area (TPSA) is 30.9 Å². The van der Waals surface area contributed by atoms with Gasteiger partial charge in [-0.3, -0.25) is 0 Å². The second-order valence-corrected chi connectivity index (χ2v) is 4.47. The van der Waals surface area contributed by atoms with Gasteiger partial charge >= 0.3 is 0 Å². The van der Waals surface area contributed by atoms with Crippen LogP contribution in [0.5, 0.6) is 0 Å². The maximum atomic E-state index is 5.80. The van der Waals surface area contributed by atoms with Crippen LogP contribution in [0.4, 0.5) is 5.69 Å². The minimum absolute atomic E-state index is 0.846. The molecule has 0 aliphatic rings.